The third-order valence-corrected chi connectivity index (χ3v) is 5.85. The molecule has 4 rings (SSSR count). The maximum absolute atomic E-state index is 10.3. The zero-order chi connectivity index (χ0) is 22.0. The lowest BCUT2D eigenvalue weighted by Crippen LogP contribution is -2.33. The van der Waals surface area contributed by atoms with Crippen LogP contribution in [0.3, 0.4) is 0 Å². The molecule has 0 bridgehead atoms. The number of methoxy groups -OCH3 is 1. The van der Waals surface area contributed by atoms with Crippen molar-refractivity contribution in [2.75, 3.05) is 20.7 Å². The molecule has 0 aromatic heterocycles. The molecule has 0 aliphatic carbocycles. The van der Waals surface area contributed by atoms with Crippen LogP contribution in [-0.4, -0.2) is 40.9 Å². The van der Waals surface area contributed by atoms with E-state index in [1.807, 2.05) is 36.4 Å². The number of ether oxygens (including phenoxy) is 2. The molecule has 0 fully saturated rings. The summed E-state index contributed by atoms with van der Waals surface area (Å²) in [6.07, 6.45) is 1.71. The van der Waals surface area contributed by atoms with E-state index in [-0.39, 0.29) is 24.1 Å². The maximum Gasteiger partial charge on any atom is 0.169 e. The van der Waals surface area contributed by atoms with E-state index in [1.165, 1.54) is 11.6 Å². The summed E-state index contributed by atoms with van der Waals surface area (Å²) in [4.78, 5) is 2.30. The van der Waals surface area contributed by atoms with Crippen molar-refractivity contribution in [3.63, 3.8) is 0 Å². The first kappa shape index (κ1) is 21.0. The molecule has 0 radical (unpaired) electrons. The Morgan fingerprint density at radius 2 is 1.68 bits per heavy atom. The Balaban J connectivity index is 1.53. The van der Waals surface area contributed by atoms with Crippen molar-refractivity contribution in [3.05, 3.63) is 76.9 Å². The molecule has 1 atom stereocenters. The number of hydrogen-bond acceptors (Lipinski definition) is 6. The van der Waals surface area contributed by atoms with Crippen LogP contribution in [0.2, 0.25) is 0 Å². The average Bonchev–Trinajstić information content (AvgIpc) is 2.78. The van der Waals surface area contributed by atoms with E-state index in [1.54, 1.807) is 19.2 Å². The highest BCUT2D eigenvalue weighted by Crippen LogP contribution is 2.38. The van der Waals surface area contributed by atoms with Crippen molar-refractivity contribution in [1.82, 2.24) is 4.90 Å². The number of phenols is 2. The Morgan fingerprint density at radius 1 is 0.935 bits per heavy atom. The summed E-state index contributed by atoms with van der Waals surface area (Å²) in [5, 5.41) is 29.6. The minimum Gasteiger partial charge on any atom is -0.504 e. The van der Waals surface area contributed by atoms with Gasteiger partial charge < -0.3 is 24.8 Å². The smallest absolute Gasteiger partial charge is 0.169 e. The van der Waals surface area contributed by atoms with Crippen molar-refractivity contribution < 1.29 is 24.8 Å². The molecule has 6 heteroatoms. The van der Waals surface area contributed by atoms with Gasteiger partial charge in [-0.15, -0.1) is 0 Å². The number of nitrogens with zero attached hydrogens (tertiary/aromatic N) is 1. The van der Waals surface area contributed by atoms with Gasteiger partial charge in [0.1, 0.15) is 5.75 Å². The van der Waals surface area contributed by atoms with Crippen LogP contribution in [0.25, 0.3) is 0 Å². The lowest BCUT2D eigenvalue weighted by Gasteiger charge is -2.35. The average molecular weight is 421 g/mol. The number of aliphatic hydroxyl groups is 1. The van der Waals surface area contributed by atoms with Gasteiger partial charge in [-0.25, -0.2) is 0 Å². The minimum atomic E-state index is -0.118. The predicted molar refractivity (Wildman–Crippen MR) is 118 cm³/mol. The van der Waals surface area contributed by atoms with E-state index in [2.05, 4.69) is 11.9 Å². The molecule has 0 spiro atoms. The molecule has 3 aromatic carbocycles. The quantitative estimate of drug-likeness (QED) is 0.554. The van der Waals surface area contributed by atoms with E-state index in [0.717, 1.165) is 30.5 Å². The number of aromatic hydroxyl groups is 2. The van der Waals surface area contributed by atoms with Gasteiger partial charge in [-0.2, -0.15) is 0 Å². The fourth-order valence-corrected chi connectivity index (χ4v) is 4.06. The Kier molecular flexibility index (Phi) is 6.02. The van der Waals surface area contributed by atoms with Gasteiger partial charge in [0, 0.05) is 12.6 Å². The van der Waals surface area contributed by atoms with Crippen LogP contribution in [0.4, 0.5) is 0 Å². The first-order valence-electron chi connectivity index (χ1n) is 10.3. The summed E-state index contributed by atoms with van der Waals surface area (Å²) in [6, 6.07) is 16.5. The van der Waals surface area contributed by atoms with E-state index in [9.17, 15) is 15.3 Å². The molecule has 0 amide bonds. The largest absolute Gasteiger partial charge is 0.504 e. The molecule has 1 aliphatic heterocycles. The normalized spacial score (nSPS) is 16.0. The van der Waals surface area contributed by atoms with Gasteiger partial charge in [-0.05, 0) is 78.5 Å². The molecule has 1 aliphatic rings. The van der Waals surface area contributed by atoms with Crippen molar-refractivity contribution in [2.45, 2.75) is 25.5 Å². The Labute approximate surface area is 181 Å². The number of likely N-dealkylation sites (N-methyl/N-ethyl adjacent to an activating group) is 1. The molecule has 3 N–H and O–H groups in total. The second-order valence-electron chi connectivity index (χ2n) is 7.88. The minimum absolute atomic E-state index is 0.0250. The van der Waals surface area contributed by atoms with Crippen LogP contribution in [0.5, 0.6) is 28.7 Å². The lowest BCUT2D eigenvalue weighted by molar-refractivity contribution is 0.228. The summed E-state index contributed by atoms with van der Waals surface area (Å²) in [5.41, 5.74) is 4.14. The van der Waals surface area contributed by atoms with Crippen LogP contribution in [0, 0.1) is 0 Å². The van der Waals surface area contributed by atoms with Crippen molar-refractivity contribution in [3.8, 4) is 28.7 Å². The number of phenolic OH excluding ortho intramolecular Hbond substituents is 2. The molecular weight excluding hydrogens is 394 g/mol. The van der Waals surface area contributed by atoms with E-state index < -0.39 is 0 Å². The van der Waals surface area contributed by atoms with Crippen LogP contribution in [-0.2, 0) is 19.4 Å². The van der Waals surface area contributed by atoms with Crippen molar-refractivity contribution in [2.24, 2.45) is 0 Å². The zero-order valence-corrected chi connectivity index (χ0v) is 17.7. The van der Waals surface area contributed by atoms with E-state index in [4.69, 9.17) is 9.47 Å². The lowest BCUT2D eigenvalue weighted by atomic mass is 9.88. The van der Waals surface area contributed by atoms with E-state index >= 15 is 0 Å². The van der Waals surface area contributed by atoms with Crippen LogP contribution < -0.4 is 9.47 Å². The summed E-state index contributed by atoms with van der Waals surface area (Å²) < 4.78 is 11.1. The van der Waals surface area contributed by atoms with Gasteiger partial charge in [0.2, 0.25) is 0 Å². The Hall–Kier alpha value is -3.22. The molecule has 0 unspecified atom stereocenters. The SMILES string of the molecule is COc1cc2c(cc1O)[C@H](Cc1ccc(Oc3cc(CO)ccc3O)cc1)N(C)CC2. The highest BCUT2D eigenvalue weighted by atomic mass is 16.5. The van der Waals surface area contributed by atoms with Crippen LogP contribution in [0.15, 0.2) is 54.6 Å². The molecule has 0 saturated carbocycles. The molecule has 6 nitrogen and oxygen atoms in total. The molecular formula is C25H27NO5. The van der Waals surface area contributed by atoms with Crippen molar-refractivity contribution in [1.29, 1.82) is 0 Å². The number of fused-ring (bicyclic) bond motifs is 1. The highest BCUT2D eigenvalue weighted by molar-refractivity contribution is 5.49. The predicted octanol–water partition coefficient (Wildman–Crippen LogP) is 4.16. The number of hydrogen-bond donors (Lipinski definition) is 3. The fourth-order valence-electron chi connectivity index (χ4n) is 4.06. The standard InChI is InChI=1S/C25H27NO5/c1-26-10-9-18-13-24(30-2)23(29)14-20(18)21(26)11-16-3-6-19(7-4-16)31-25-12-17(15-27)5-8-22(25)28/h3-8,12-14,21,27-29H,9-11,15H2,1-2H3/t21-/m0/s1. The molecule has 0 saturated heterocycles. The van der Waals surface area contributed by atoms with E-state index in [0.29, 0.717) is 22.8 Å². The van der Waals surface area contributed by atoms with Gasteiger partial charge >= 0.3 is 0 Å². The Bertz CT molecular complexity index is 1060. The molecule has 3 aromatic rings. The summed E-state index contributed by atoms with van der Waals surface area (Å²) in [5.74, 6) is 1.61. The van der Waals surface area contributed by atoms with Gasteiger partial charge in [-0.3, -0.25) is 4.90 Å². The highest BCUT2D eigenvalue weighted by Gasteiger charge is 2.26. The van der Waals surface area contributed by atoms with Crippen LogP contribution >= 0.6 is 0 Å². The topological polar surface area (TPSA) is 82.4 Å². The van der Waals surface area contributed by atoms with Gasteiger partial charge in [0.15, 0.2) is 23.0 Å². The van der Waals surface area contributed by atoms with Crippen LogP contribution in [0.1, 0.15) is 28.3 Å². The third-order valence-electron chi connectivity index (χ3n) is 5.85. The van der Waals surface area contributed by atoms with Gasteiger partial charge in [0.25, 0.3) is 0 Å². The summed E-state index contributed by atoms with van der Waals surface area (Å²) >= 11 is 0. The summed E-state index contributed by atoms with van der Waals surface area (Å²) in [7, 11) is 3.67. The van der Waals surface area contributed by atoms with Crippen molar-refractivity contribution >= 4 is 0 Å². The Morgan fingerprint density at radius 3 is 2.39 bits per heavy atom. The third kappa shape index (κ3) is 4.45. The molecule has 162 valence electrons. The van der Waals surface area contributed by atoms with Gasteiger partial charge in [0.05, 0.1) is 13.7 Å². The molecule has 31 heavy (non-hydrogen) atoms. The number of benzene rings is 3. The van der Waals surface area contributed by atoms with Gasteiger partial charge in [-0.1, -0.05) is 18.2 Å². The second-order valence-corrected chi connectivity index (χ2v) is 7.88. The second kappa shape index (κ2) is 8.88. The fraction of sp³-hybridized carbons (Fsp3) is 0.280. The molecule has 1 heterocycles. The summed E-state index contributed by atoms with van der Waals surface area (Å²) in [6.45, 7) is 0.820. The first-order valence-corrected chi connectivity index (χ1v) is 10.3. The zero-order valence-electron chi connectivity index (χ0n) is 17.7. The first-order chi connectivity index (χ1) is 15.0. The maximum atomic E-state index is 10.3. The number of rotatable bonds is 6. The number of aliphatic hydroxyl groups excluding tert-OH is 1. The monoisotopic (exact) mass is 421 g/mol.